The molecular formula is C15H23NO. The van der Waals surface area contributed by atoms with E-state index in [2.05, 4.69) is 38.2 Å². The number of nitrogens with one attached hydrogen (secondary N) is 1. The Morgan fingerprint density at radius 3 is 2.35 bits per heavy atom. The van der Waals surface area contributed by atoms with Gasteiger partial charge in [0.1, 0.15) is 0 Å². The summed E-state index contributed by atoms with van der Waals surface area (Å²) in [5, 5.41) is 3.00. The average molecular weight is 233 g/mol. The predicted octanol–water partition coefficient (Wildman–Crippen LogP) is 3.03. The van der Waals surface area contributed by atoms with E-state index in [4.69, 9.17) is 0 Å². The highest BCUT2D eigenvalue weighted by atomic mass is 16.1. The first-order chi connectivity index (χ1) is 7.91. The molecule has 1 aromatic rings. The first kappa shape index (κ1) is 13.8. The topological polar surface area (TPSA) is 29.1 Å². The number of benzene rings is 1. The minimum atomic E-state index is 0.0246. The van der Waals surface area contributed by atoms with Crippen LogP contribution >= 0.6 is 0 Å². The molecule has 2 nitrogen and oxygen atoms in total. The van der Waals surface area contributed by atoms with E-state index in [0.29, 0.717) is 6.54 Å². The average Bonchev–Trinajstić information content (AvgIpc) is 2.28. The first-order valence-corrected chi connectivity index (χ1v) is 6.23. The lowest BCUT2D eigenvalue weighted by Crippen LogP contribution is -2.37. The summed E-state index contributed by atoms with van der Waals surface area (Å²) < 4.78 is 0. The maximum atomic E-state index is 11.9. The summed E-state index contributed by atoms with van der Waals surface area (Å²) in [6, 6.07) is 10.2. The summed E-state index contributed by atoms with van der Waals surface area (Å²) in [4.78, 5) is 11.9. The van der Waals surface area contributed by atoms with Crippen LogP contribution in [0.1, 0.15) is 33.3 Å². The van der Waals surface area contributed by atoms with Crippen molar-refractivity contribution in [1.29, 1.82) is 0 Å². The van der Waals surface area contributed by atoms with Crippen molar-refractivity contribution in [3.8, 4) is 0 Å². The molecule has 0 heterocycles. The van der Waals surface area contributed by atoms with Crippen LogP contribution in [-0.2, 0) is 11.2 Å². The molecule has 0 aliphatic rings. The minimum Gasteiger partial charge on any atom is -0.356 e. The van der Waals surface area contributed by atoms with Crippen LogP contribution in [0.15, 0.2) is 30.3 Å². The third-order valence-electron chi connectivity index (χ3n) is 3.25. The molecule has 0 saturated carbocycles. The third-order valence-corrected chi connectivity index (χ3v) is 3.25. The van der Waals surface area contributed by atoms with Crippen LogP contribution in [-0.4, -0.2) is 12.5 Å². The molecule has 17 heavy (non-hydrogen) atoms. The van der Waals surface area contributed by atoms with Gasteiger partial charge in [-0.3, -0.25) is 4.79 Å². The van der Waals surface area contributed by atoms with Gasteiger partial charge in [0.25, 0.3) is 0 Å². The van der Waals surface area contributed by atoms with E-state index >= 15 is 0 Å². The van der Waals surface area contributed by atoms with E-state index in [0.717, 1.165) is 6.42 Å². The van der Waals surface area contributed by atoms with Gasteiger partial charge in [0.2, 0.25) is 5.91 Å². The molecule has 1 unspecified atom stereocenters. The zero-order valence-corrected chi connectivity index (χ0v) is 11.3. The Hall–Kier alpha value is -1.31. The van der Waals surface area contributed by atoms with Crippen molar-refractivity contribution in [2.45, 2.75) is 34.1 Å². The lowest BCUT2D eigenvalue weighted by molar-refractivity contribution is -0.127. The second-order valence-corrected chi connectivity index (χ2v) is 5.61. The fourth-order valence-corrected chi connectivity index (χ4v) is 1.52. The fraction of sp³-hybridized carbons (Fsp3) is 0.533. The summed E-state index contributed by atoms with van der Waals surface area (Å²) in [5.74, 6) is 0.187. The summed E-state index contributed by atoms with van der Waals surface area (Å²) in [6.45, 7) is 8.97. The van der Waals surface area contributed by atoms with Gasteiger partial charge in [-0.15, -0.1) is 0 Å². The minimum absolute atomic E-state index is 0.0246. The third kappa shape index (κ3) is 4.59. The summed E-state index contributed by atoms with van der Waals surface area (Å²) >= 11 is 0. The van der Waals surface area contributed by atoms with Gasteiger partial charge >= 0.3 is 0 Å². The Morgan fingerprint density at radius 2 is 1.82 bits per heavy atom. The van der Waals surface area contributed by atoms with Crippen LogP contribution in [0.2, 0.25) is 0 Å². The molecule has 0 aromatic heterocycles. The molecule has 1 rings (SSSR count). The van der Waals surface area contributed by atoms with E-state index < -0.39 is 0 Å². The molecule has 1 amide bonds. The molecule has 0 aliphatic carbocycles. The van der Waals surface area contributed by atoms with Crippen LogP contribution in [0, 0.1) is 11.3 Å². The number of amides is 1. The molecular weight excluding hydrogens is 210 g/mol. The van der Waals surface area contributed by atoms with E-state index in [9.17, 15) is 4.79 Å². The number of carbonyl (C=O) groups excluding carboxylic acids is 1. The van der Waals surface area contributed by atoms with Crippen molar-refractivity contribution in [2.24, 2.45) is 11.3 Å². The normalized spacial score (nSPS) is 13.2. The first-order valence-electron chi connectivity index (χ1n) is 6.23. The van der Waals surface area contributed by atoms with Gasteiger partial charge in [-0.25, -0.2) is 0 Å². The van der Waals surface area contributed by atoms with Crippen LogP contribution in [0.3, 0.4) is 0 Å². The van der Waals surface area contributed by atoms with E-state index in [-0.39, 0.29) is 17.2 Å². The molecule has 0 spiro atoms. The molecule has 1 atom stereocenters. The van der Waals surface area contributed by atoms with E-state index in [1.165, 1.54) is 5.56 Å². The molecule has 94 valence electrons. The zero-order valence-electron chi connectivity index (χ0n) is 11.3. The van der Waals surface area contributed by atoms with Crippen molar-refractivity contribution < 1.29 is 4.79 Å². The summed E-state index contributed by atoms with van der Waals surface area (Å²) in [6.07, 6.45) is 0.892. The molecule has 2 heteroatoms. The van der Waals surface area contributed by atoms with Gasteiger partial charge in [0.15, 0.2) is 0 Å². The number of rotatable bonds is 4. The van der Waals surface area contributed by atoms with Gasteiger partial charge in [-0.1, -0.05) is 58.0 Å². The van der Waals surface area contributed by atoms with Gasteiger partial charge in [0, 0.05) is 12.5 Å². The monoisotopic (exact) mass is 233 g/mol. The molecule has 0 aliphatic heterocycles. The van der Waals surface area contributed by atoms with Crippen molar-refractivity contribution in [3.05, 3.63) is 35.9 Å². The summed E-state index contributed by atoms with van der Waals surface area (Å²) in [5.41, 5.74) is 1.29. The molecule has 0 bridgehead atoms. The Labute approximate surface area is 104 Å². The van der Waals surface area contributed by atoms with E-state index in [1.54, 1.807) is 0 Å². The lowest BCUT2D eigenvalue weighted by atomic mass is 9.81. The van der Waals surface area contributed by atoms with Crippen LogP contribution in [0.25, 0.3) is 0 Å². The highest BCUT2D eigenvalue weighted by Crippen LogP contribution is 2.25. The molecule has 0 saturated heterocycles. The fourth-order valence-electron chi connectivity index (χ4n) is 1.52. The summed E-state index contributed by atoms with van der Waals surface area (Å²) in [7, 11) is 0. The van der Waals surface area contributed by atoms with Gasteiger partial charge in [-0.05, 0) is 17.4 Å². The van der Waals surface area contributed by atoms with Crippen LogP contribution in [0.5, 0.6) is 0 Å². The smallest absolute Gasteiger partial charge is 0.223 e. The second-order valence-electron chi connectivity index (χ2n) is 5.61. The molecule has 1 N–H and O–H groups in total. The highest BCUT2D eigenvalue weighted by molar-refractivity contribution is 5.78. The van der Waals surface area contributed by atoms with Crippen molar-refractivity contribution in [3.63, 3.8) is 0 Å². The quantitative estimate of drug-likeness (QED) is 0.851. The Bertz CT molecular complexity index is 351. The van der Waals surface area contributed by atoms with Gasteiger partial charge in [-0.2, -0.15) is 0 Å². The van der Waals surface area contributed by atoms with E-state index in [1.807, 2.05) is 25.1 Å². The zero-order chi connectivity index (χ0) is 12.9. The standard InChI is InChI=1S/C15H23NO/c1-12(15(2,3)4)14(17)16-11-10-13-8-6-5-7-9-13/h5-9,12H,10-11H2,1-4H3,(H,16,17). The molecule has 0 fully saturated rings. The van der Waals surface area contributed by atoms with Crippen LogP contribution < -0.4 is 5.32 Å². The highest BCUT2D eigenvalue weighted by Gasteiger charge is 2.26. The lowest BCUT2D eigenvalue weighted by Gasteiger charge is -2.26. The second kappa shape index (κ2) is 5.85. The van der Waals surface area contributed by atoms with Crippen LogP contribution in [0.4, 0.5) is 0 Å². The molecule has 0 radical (unpaired) electrons. The largest absolute Gasteiger partial charge is 0.356 e. The Morgan fingerprint density at radius 1 is 1.24 bits per heavy atom. The SMILES string of the molecule is CC(C(=O)NCCc1ccccc1)C(C)(C)C. The van der Waals surface area contributed by atoms with Gasteiger partial charge < -0.3 is 5.32 Å². The predicted molar refractivity (Wildman–Crippen MR) is 71.8 cm³/mol. The number of hydrogen-bond acceptors (Lipinski definition) is 1. The van der Waals surface area contributed by atoms with Gasteiger partial charge in [0.05, 0.1) is 0 Å². The Balaban J connectivity index is 2.35. The number of hydrogen-bond donors (Lipinski definition) is 1. The number of carbonyl (C=O) groups is 1. The van der Waals surface area contributed by atoms with Crippen molar-refractivity contribution >= 4 is 5.91 Å². The maximum absolute atomic E-state index is 11.9. The maximum Gasteiger partial charge on any atom is 0.223 e. The van der Waals surface area contributed by atoms with Crippen molar-refractivity contribution in [2.75, 3.05) is 6.54 Å². The van der Waals surface area contributed by atoms with Crippen molar-refractivity contribution in [1.82, 2.24) is 5.32 Å². The Kier molecular flexibility index (Phi) is 4.73. The molecule has 1 aromatic carbocycles.